The van der Waals surface area contributed by atoms with Gasteiger partial charge in [0.1, 0.15) is 17.6 Å². The quantitative estimate of drug-likeness (QED) is 0.340. The van der Waals surface area contributed by atoms with Crippen LogP contribution in [0, 0.1) is 11.3 Å². The van der Waals surface area contributed by atoms with Crippen molar-refractivity contribution in [3.63, 3.8) is 0 Å². The first-order chi connectivity index (χ1) is 17.1. The molecule has 3 N–H and O–H groups in total. The zero-order valence-corrected chi connectivity index (χ0v) is 18.6. The summed E-state index contributed by atoms with van der Waals surface area (Å²) in [6.45, 7) is 2.59. The minimum Gasteiger partial charge on any atom is -0.493 e. The number of imidazole rings is 1. The molecule has 2 aliphatic rings. The minimum absolute atomic E-state index is 0.230. The molecule has 0 atom stereocenters. The zero-order valence-electron chi connectivity index (χ0n) is 18.6. The van der Waals surface area contributed by atoms with Crippen molar-refractivity contribution in [3.8, 4) is 11.9 Å². The number of aromatic hydroxyl groups is 1. The number of pyridine rings is 1. The lowest BCUT2D eigenvalue weighted by Gasteiger charge is -2.35. The van der Waals surface area contributed by atoms with Gasteiger partial charge in [0, 0.05) is 37.6 Å². The second kappa shape index (κ2) is 8.24. The van der Waals surface area contributed by atoms with Gasteiger partial charge in [0.05, 0.1) is 17.8 Å². The molecule has 0 unspecified atom stereocenters. The molecule has 6 rings (SSSR count). The van der Waals surface area contributed by atoms with E-state index in [1.165, 1.54) is 0 Å². The van der Waals surface area contributed by atoms with Crippen molar-refractivity contribution in [1.82, 2.24) is 34.5 Å². The van der Waals surface area contributed by atoms with Crippen molar-refractivity contribution in [2.45, 2.75) is 18.9 Å². The summed E-state index contributed by atoms with van der Waals surface area (Å²) in [5, 5.41) is 24.4. The van der Waals surface area contributed by atoms with Crippen LogP contribution in [0.3, 0.4) is 0 Å². The standard InChI is InChI=1S/C22H21N11O2/c23-11-13-2-1-5-24-17(13)31-6-8-32(9-7-31)20-28-18-14(10-16-19(34)29-22(35)27-16)12-25-33(18)21(30-20)26-15-3-4-15/h1-2,5,10,12,15,34H,3-4,6-9H2,(H2,27,29,35)/b14-10+,26-21?. The van der Waals surface area contributed by atoms with Crippen molar-refractivity contribution < 1.29 is 5.11 Å². The molecule has 0 radical (unpaired) electrons. The van der Waals surface area contributed by atoms with Gasteiger partial charge in [-0.05, 0) is 31.1 Å². The molecule has 0 bridgehead atoms. The highest BCUT2D eigenvalue weighted by molar-refractivity contribution is 5.58. The second-order valence-electron chi connectivity index (χ2n) is 8.47. The normalized spacial score (nSPS) is 17.3. The molecule has 5 heterocycles. The topological polar surface area (TPSA) is 167 Å². The third kappa shape index (κ3) is 3.95. The molecule has 1 saturated heterocycles. The van der Waals surface area contributed by atoms with E-state index in [0.29, 0.717) is 60.0 Å². The van der Waals surface area contributed by atoms with Crippen LogP contribution in [0.5, 0.6) is 5.88 Å². The van der Waals surface area contributed by atoms with Crippen LogP contribution in [-0.4, -0.2) is 71.9 Å². The van der Waals surface area contributed by atoms with Crippen LogP contribution in [0.4, 0.5) is 11.8 Å². The molecule has 4 aromatic heterocycles. The Morgan fingerprint density at radius 3 is 2.69 bits per heavy atom. The SMILES string of the molecule is N#Cc1cccnc1N1CCN(c2nc(=NC3CC3)n3nc/c(=C\c4[nH]c(=O)[nH]c4O)c3n2)CC1. The van der Waals surface area contributed by atoms with Crippen LogP contribution in [0.15, 0.2) is 34.3 Å². The van der Waals surface area contributed by atoms with Crippen molar-refractivity contribution in [2.75, 3.05) is 36.0 Å². The molecule has 0 aromatic carbocycles. The second-order valence-corrected chi connectivity index (χ2v) is 8.47. The van der Waals surface area contributed by atoms with E-state index in [1.54, 1.807) is 35.1 Å². The first-order valence-corrected chi connectivity index (χ1v) is 11.3. The number of aromatic amines is 2. The summed E-state index contributed by atoms with van der Waals surface area (Å²) in [6.07, 6.45) is 6.94. The van der Waals surface area contributed by atoms with Crippen LogP contribution in [0.1, 0.15) is 24.1 Å². The minimum atomic E-state index is -0.504. The van der Waals surface area contributed by atoms with E-state index >= 15 is 0 Å². The Morgan fingerprint density at radius 2 is 1.97 bits per heavy atom. The number of piperazine rings is 1. The molecule has 4 aromatic rings. The Bertz CT molecular complexity index is 1630. The highest BCUT2D eigenvalue weighted by atomic mass is 16.3. The Labute approximate surface area is 197 Å². The molecule has 0 spiro atoms. The van der Waals surface area contributed by atoms with Gasteiger partial charge in [-0.2, -0.15) is 24.8 Å². The molecule has 176 valence electrons. The Hall–Kier alpha value is -4.73. The molecule has 13 nitrogen and oxygen atoms in total. The Morgan fingerprint density at radius 1 is 1.17 bits per heavy atom. The van der Waals surface area contributed by atoms with E-state index in [1.807, 2.05) is 0 Å². The summed E-state index contributed by atoms with van der Waals surface area (Å²) in [5.74, 6) is 0.956. The van der Waals surface area contributed by atoms with Gasteiger partial charge in [0.25, 0.3) is 5.62 Å². The van der Waals surface area contributed by atoms with Gasteiger partial charge in [0.2, 0.25) is 11.8 Å². The molecule has 2 fully saturated rings. The zero-order chi connectivity index (χ0) is 23.9. The number of hydrogen-bond acceptors (Lipinski definition) is 10. The fraction of sp³-hybridized carbons (Fsp3) is 0.318. The third-order valence-electron chi connectivity index (χ3n) is 6.02. The Balaban J connectivity index is 1.37. The summed E-state index contributed by atoms with van der Waals surface area (Å²) in [7, 11) is 0. The number of aromatic nitrogens is 7. The maximum absolute atomic E-state index is 11.5. The van der Waals surface area contributed by atoms with Gasteiger partial charge in [-0.25, -0.2) is 14.8 Å². The van der Waals surface area contributed by atoms with Gasteiger partial charge >= 0.3 is 5.69 Å². The fourth-order valence-corrected chi connectivity index (χ4v) is 4.07. The first-order valence-electron chi connectivity index (χ1n) is 11.3. The summed E-state index contributed by atoms with van der Waals surface area (Å²) < 4.78 is 1.58. The van der Waals surface area contributed by atoms with Crippen LogP contribution in [0.25, 0.3) is 11.7 Å². The molecule has 13 heteroatoms. The van der Waals surface area contributed by atoms with Crippen molar-refractivity contribution >= 4 is 23.5 Å². The van der Waals surface area contributed by atoms with E-state index < -0.39 is 5.69 Å². The number of anilines is 2. The number of nitriles is 1. The largest absolute Gasteiger partial charge is 0.493 e. The van der Waals surface area contributed by atoms with Crippen LogP contribution in [0.2, 0.25) is 0 Å². The van der Waals surface area contributed by atoms with E-state index in [2.05, 4.69) is 35.9 Å². The highest BCUT2D eigenvalue weighted by Gasteiger charge is 2.24. The number of hydrogen-bond donors (Lipinski definition) is 3. The van der Waals surface area contributed by atoms with Crippen LogP contribution in [-0.2, 0) is 0 Å². The number of rotatable bonds is 4. The van der Waals surface area contributed by atoms with Crippen LogP contribution >= 0.6 is 0 Å². The van der Waals surface area contributed by atoms with Gasteiger partial charge in [-0.1, -0.05) is 0 Å². The smallest absolute Gasteiger partial charge is 0.326 e. The lowest BCUT2D eigenvalue weighted by atomic mass is 10.2. The maximum atomic E-state index is 11.5. The average Bonchev–Trinajstić information content (AvgIpc) is 3.51. The fourth-order valence-electron chi connectivity index (χ4n) is 4.07. The third-order valence-corrected chi connectivity index (χ3v) is 6.02. The average molecular weight is 471 g/mol. The summed E-state index contributed by atoms with van der Waals surface area (Å²) >= 11 is 0. The first kappa shape index (κ1) is 20.8. The number of nitrogens with zero attached hydrogens (tertiary/aromatic N) is 9. The van der Waals surface area contributed by atoms with Gasteiger partial charge in [0.15, 0.2) is 5.65 Å². The summed E-state index contributed by atoms with van der Waals surface area (Å²) in [5.41, 5.74) is 1.28. The van der Waals surface area contributed by atoms with Crippen molar-refractivity contribution in [2.24, 2.45) is 4.99 Å². The highest BCUT2D eigenvalue weighted by Crippen LogP contribution is 2.23. The van der Waals surface area contributed by atoms with Gasteiger partial charge < -0.3 is 19.9 Å². The lowest BCUT2D eigenvalue weighted by Crippen LogP contribution is -2.48. The van der Waals surface area contributed by atoms with Crippen molar-refractivity contribution in [3.05, 3.63) is 57.1 Å². The molecule has 1 aliphatic carbocycles. The molecule has 1 aliphatic heterocycles. The Kier molecular flexibility index (Phi) is 4.91. The van der Waals surface area contributed by atoms with E-state index in [0.717, 1.165) is 12.8 Å². The summed E-state index contributed by atoms with van der Waals surface area (Å²) in [6, 6.07) is 5.96. The van der Waals surface area contributed by atoms with E-state index in [-0.39, 0.29) is 17.6 Å². The van der Waals surface area contributed by atoms with Gasteiger partial charge in [-0.15, -0.1) is 0 Å². The maximum Gasteiger partial charge on any atom is 0.326 e. The van der Waals surface area contributed by atoms with Crippen LogP contribution < -0.4 is 26.3 Å². The van der Waals surface area contributed by atoms with Gasteiger partial charge in [-0.3, -0.25) is 4.98 Å². The molecular formula is C22H21N11O2. The van der Waals surface area contributed by atoms with E-state index in [9.17, 15) is 15.2 Å². The van der Waals surface area contributed by atoms with E-state index in [4.69, 9.17) is 15.0 Å². The molecule has 0 amide bonds. The van der Waals surface area contributed by atoms with Crippen molar-refractivity contribution in [1.29, 1.82) is 5.26 Å². The number of nitrogens with one attached hydrogen (secondary N) is 2. The monoisotopic (exact) mass is 471 g/mol. The predicted octanol–water partition coefficient (Wildman–Crippen LogP) is -0.950. The predicted molar refractivity (Wildman–Crippen MR) is 125 cm³/mol. The lowest BCUT2D eigenvalue weighted by molar-refractivity contribution is 0.454. The molecule has 35 heavy (non-hydrogen) atoms. The summed E-state index contributed by atoms with van der Waals surface area (Å²) in [4.78, 5) is 39.1. The number of H-pyrrole nitrogens is 2. The molecule has 1 saturated carbocycles. The molecular weight excluding hydrogens is 450 g/mol. The number of fused-ring (bicyclic) bond motifs is 1.